The number of benzene rings is 1. The van der Waals surface area contributed by atoms with Crippen LogP contribution in [0.15, 0.2) is 24.3 Å². The molecule has 0 saturated carbocycles. The third-order valence-electron chi connectivity index (χ3n) is 2.96. The third-order valence-corrected chi connectivity index (χ3v) is 3.98. The lowest BCUT2D eigenvalue weighted by Gasteiger charge is -2.29. The molecule has 1 aromatic carbocycles. The number of anilines is 1. The van der Waals surface area contributed by atoms with Gasteiger partial charge in [-0.05, 0) is 18.6 Å². The topological polar surface area (TPSA) is 40.7 Å². The van der Waals surface area contributed by atoms with Crippen molar-refractivity contribution in [2.45, 2.75) is 18.9 Å². The number of halogens is 2. The van der Waals surface area contributed by atoms with Gasteiger partial charge in [0.15, 0.2) is 0 Å². The second-order valence-electron chi connectivity index (χ2n) is 4.13. The van der Waals surface area contributed by atoms with Gasteiger partial charge < -0.3 is 10.3 Å². The lowest BCUT2D eigenvalue weighted by atomic mass is 10.0. The Morgan fingerprint density at radius 3 is 2.59 bits per heavy atom. The van der Waals surface area contributed by atoms with E-state index in [4.69, 9.17) is 23.2 Å². The first-order valence-corrected chi connectivity index (χ1v) is 6.65. The van der Waals surface area contributed by atoms with Crippen LogP contribution in [0.1, 0.15) is 13.3 Å². The normalized spacial score (nSPS) is 11.9. The monoisotopic (exact) mass is 271 g/mol. The van der Waals surface area contributed by atoms with E-state index in [1.54, 1.807) is 0 Å². The molecule has 17 heavy (non-hydrogen) atoms. The molecule has 2 aromatic rings. The van der Waals surface area contributed by atoms with Gasteiger partial charge >= 0.3 is 0 Å². The second kappa shape index (κ2) is 5.15. The highest BCUT2D eigenvalue weighted by Crippen LogP contribution is 2.22. The molecular formula is C12H15Cl2N3. The summed E-state index contributed by atoms with van der Waals surface area (Å²) in [5, 5.41) is 3.30. The Bertz CT molecular complexity index is 450. The number of imidazole rings is 1. The Morgan fingerprint density at radius 2 is 2.00 bits per heavy atom. The number of H-pyrrole nitrogens is 1. The van der Waals surface area contributed by atoms with Crippen molar-refractivity contribution >= 4 is 40.2 Å². The van der Waals surface area contributed by atoms with Crippen LogP contribution in [0.2, 0.25) is 0 Å². The number of aromatic amines is 1. The summed E-state index contributed by atoms with van der Waals surface area (Å²) in [7, 11) is 0. The number of alkyl halides is 2. The van der Waals surface area contributed by atoms with Crippen molar-refractivity contribution < 1.29 is 0 Å². The molecule has 2 rings (SSSR count). The van der Waals surface area contributed by atoms with Crippen LogP contribution in [-0.4, -0.2) is 27.3 Å². The number of hydrogen-bond acceptors (Lipinski definition) is 2. The zero-order chi connectivity index (χ0) is 12.3. The second-order valence-corrected chi connectivity index (χ2v) is 4.66. The summed E-state index contributed by atoms with van der Waals surface area (Å²) in [5.41, 5.74) is 1.63. The molecular weight excluding hydrogens is 257 g/mol. The summed E-state index contributed by atoms with van der Waals surface area (Å²) in [5.74, 6) is 1.61. The van der Waals surface area contributed by atoms with Gasteiger partial charge in [0, 0.05) is 11.8 Å². The molecule has 92 valence electrons. The van der Waals surface area contributed by atoms with Gasteiger partial charge in [-0.25, -0.2) is 4.98 Å². The fourth-order valence-corrected chi connectivity index (χ4v) is 2.44. The summed E-state index contributed by atoms with van der Waals surface area (Å²) in [6.45, 7) is 2.06. The molecule has 0 unspecified atom stereocenters. The molecule has 0 spiro atoms. The van der Waals surface area contributed by atoms with Crippen LogP contribution >= 0.6 is 23.2 Å². The fourth-order valence-electron chi connectivity index (χ4n) is 1.64. The smallest absolute Gasteiger partial charge is 0.201 e. The highest BCUT2D eigenvalue weighted by atomic mass is 35.5. The Kier molecular flexibility index (Phi) is 3.79. The SMILES string of the molecule is CCC(CCl)(CCl)Nc1nc2ccccc2[nH]1. The highest BCUT2D eigenvalue weighted by molar-refractivity contribution is 6.22. The largest absolute Gasteiger partial charge is 0.348 e. The molecule has 0 bridgehead atoms. The number of nitrogens with one attached hydrogen (secondary N) is 2. The molecule has 1 aromatic heterocycles. The number of fused-ring (bicyclic) bond motifs is 1. The van der Waals surface area contributed by atoms with Crippen LogP contribution in [0.5, 0.6) is 0 Å². The van der Waals surface area contributed by atoms with Gasteiger partial charge in [0.25, 0.3) is 0 Å². The lowest BCUT2D eigenvalue weighted by molar-refractivity contribution is 0.556. The average molecular weight is 272 g/mol. The third kappa shape index (κ3) is 2.50. The first-order valence-electron chi connectivity index (χ1n) is 5.58. The van der Waals surface area contributed by atoms with Crippen molar-refractivity contribution in [3.63, 3.8) is 0 Å². The lowest BCUT2D eigenvalue weighted by Crippen LogP contribution is -2.42. The summed E-state index contributed by atoms with van der Waals surface area (Å²) in [4.78, 5) is 7.67. The minimum Gasteiger partial charge on any atom is -0.348 e. The van der Waals surface area contributed by atoms with E-state index in [1.807, 2.05) is 24.3 Å². The molecule has 0 amide bonds. The standard InChI is InChI=1S/C12H15Cl2N3/c1-2-12(7-13,8-14)17-11-15-9-5-3-4-6-10(9)16-11/h3-6H,2,7-8H2,1H3,(H2,15,16,17). The van der Waals surface area contributed by atoms with Gasteiger partial charge in [-0.1, -0.05) is 19.1 Å². The molecule has 0 aliphatic carbocycles. The zero-order valence-corrected chi connectivity index (χ0v) is 11.1. The van der Waals surface area contributed by atoms with Gasteiger partial charge in [-0.15, -0.1) is 23.2 Å². The number of para-hydroxylation sites is 2. The molecule has 0 atom stereocenters. The van der Waals surface area contributed by atoms with Crippen molar-refractivity contribution in [2.75, 3.05) is 17.1 Å². The molecule has 0 saturated heterocycles. The predicted octanol–water partition coefficient (Wildman–Crippen LogP) is 3.60. The molecule has 0 aliphatic rings. The zero-order valence-electron chi connectivity index (χ0n) is 9.63. The molecule has 5 heteroatoms. The van der Waals surface area contributed by atoms with Gasteiger partial charge in [0.05, 0.1) is 16.6 Å². The number of hydrogen-bond donors (Lipinski definition) is 2. The Hall–Kier alpha value is -0.930. The van der Waals surface area contributed by atoms with Crippen LogP contribution in [0.4, 0.5) is 5.95 Å². The number of rotatable bonds is 5. The van der Waals surface area contributed by atoms with Crippen LogP contribution < -0.4 is 5.32 Å². The van der Waals surface area contributed by atoms with E-state index in [0.717, 1.165) is 17.5 Å². The van der Waals surface area contributed by atoms with E-state index in [1.165, 1.54) is 0 Å². The van der Waals surface area contributed by atoms with Crippen molar-refractivity contribution in [2.24, 2.45) is 0 Å². The predicted molar refractivity (Wildman–Crippen MR) is 74.2 cm³/mol. The Balaban J connectivity index is 2.28. The molecule has 0 radical (unpaired) electrons. The van der Waals surface area contributed by atoms with E-state index >= 15 is 0 Å². The summed E-state index contributed by atoms with van der Waals surface area (Å²) in [6, 6.07) is 7.89. The highest BCUT2D eigenvalue weighted by Gasteiger charge is 2.27. The van der Waals surface area contributed by atoms with Crippen LogP contribution in [0, 0.1) is 0 Å². The van der Waals surface area contributed by atoms with E-state index in [-0.39, 0.29) is 5.54 Å². The molecule has 0 aliphatic heterocycles. The first kappa shape index (κ1) is 12.5. The van der Waals surface area contributed by atoms with Crippen LogP contribution in [0.3, 0.4) is 0 Å². The van der Waals surface area contributed by atoms with E-state index in [0.29, 0.717) is 17.7 Å². The minimum absolute atomic E-state index is 0.309. The van der Waals surface area contributed by atoms with Crippen LogP contribution in [0.25, 0.3) is 11.0 Å². The van der Waals surface area contributed by atoms with Crippen molar-refractivity contribution in [3.05, 3.63) is 24.3 Å². The van der Waals surface area contributed by atoms with Gasteiger partial charge in [0.1, 0.15) is 0 Å². The fraction of sp³-hybridized carbons (Fsp3) is 0.417. The minimum atomic E-state index is -0.309. The Morgan fingerprint density at radius 1 is 1.29 bits per heavy atom. The molecule has 1 heterocycles. The van der Waals surface area contributed by atoms with Gasteiger partial charge in [0.2, 0.25) is 5.95 Å². The molecule has 3 nitrogen and oxygen atoms in total. The number of nitrogens with zero attached hydrogens (tertiary/aromatic N) is 1. The maximum atomic E-state index is 5.98. The van der Waals surface area contributed by atoms with E-state index in [2.05, 4.69) is 22.2 Å². The molecule has 2 N–H and O–H groups in total. The maximum Gasteiger partial charge on any atom is 0.201 e. The quantitative estimate of drug-likeness (QED) is 0.816. The summed E-state index contributed by atoms with van der Waals surface area (Å²) in [6.07, 6.45) is 0.844. The first-order chi connectivity index (χ1) is 8.23. The summed E-state index contributed by atoms with van der Waals surface area (Å²) < 4.78 is 0. The average Bonchev–Trinajstić information content (AvgIpc) is 2.78. The maximum absolute atomic E-state index is 5.98. The van der Waals surface area contributed by atoms with Gasteiger partial charge in [-0.2, -0.15) is 0 Å². The van der Waals surface area contributed by atoms with Crippen molar-refractivity contribution in [3.8, 4) is 0 Å². The number of aromatic nitrogens is 2. The molecule has 0 fully saturated rings. The van der Waals surface area contributed by atoms with E-state index < -0.39 is 0 Å². The van der Waals surface area contributed by atoms with E-state index in [9.17, 15) is 0 Å². The van der Waals surface area contributed by atoms with Gasteiger partial charge in [-0.3, -0.25) is 0 Å². The van der Waals surface area contributed by atoms with Crippen LogP contribution in [-0.2, 0) is 0 Å². The Labute approximate surface area is 111 Å². The van der Waals surface area contributed by atoms with Crippen molar-refractivity contribution in [1.82, 2.24) is 9.97 Å². The summed E-state index contributed by atoms with van der Waals surface area (Å²) >= 11 is 12.0. The van der Waals surface area contributed by atoms with Crippen molar-refractivity contribution in [1.29, 1.82) is 0 Å².